The summed E-state index contributed by atoms with van der Waals surface area (Å²) >= 11 is 0. The molecule has 2 N–H and O–H groups in total. The van der Waals surface area contributed by atoms with Crippen molar-refractivity contribution >= 4 is 0 Å². The Labute approximate surface area is 125 Å². The molecule has 2 atom stereocenters. The molecule has 1 aromatic carbocycles. The van der Waals surface area contributed by atoms with Crippen LogP contribution in [0, 0.1) is 11.8 Å². The summed E-state index contributed by atoms with van der Waals surface area (Å²) in [4.78, 5) is 4.55. The topological polar surface area (TPSA) is 64.9 Å². The van der Waals surface area contributed by atoms with Crippen LogP contribution in [-0.4, -0.2) is 10.1 Å². The second kappa shape index (κ2) is 6.39. The molecule has 2 unspecified atom stereocenters. The summed E-state index contributed by atoms with van der Waals surface area (Å²) in [6.45, 7) is 2.89. The normalized spacial score (nSPS) is 22.4. The monoisotopic (exact) mass is 285 g/mol. The summed E-state index contributed by atoms with van der Waals surface area (Å²) in [6, 6.07) is 8.02. The predicted octanol–water partition coefficient (Wildman–Crippen LogP) is 3.56. The first kappa shape index (κ1) is 14.3. The maximum atomic E-state index is 5.61. The van der Waals surface area contributed by atoms with Gasteiger partial charge in [0, 0.05) is 18.5 Å². The van der Waals surface area contributed by atoms with Crippen molar-refractivity contribution in [2.45, 2.75) is 45.6 Å². The van der Waals surface area contributed by atoms with Crippen LogP contribution >= 0.6 is 0 Å². The number of hydrogen-bond donors (Lipinski definition) is 1. The van der Waals surface area contributed by atoms with Crippen molar-refractivity contribution in [3.05, 3.63) is 35.7 Å². The zero-order valence-corrected chi connectivity index (χ0v) is 12.6. The van der Waals surface area contributed by atoms with Crippen LogP contribution in [0.1, 0.15) is 44.1 Å². The third kappa shape index (κ3) is 3.50. The maximum absolute atomic E-state index is 5.61. The standard InChI is InChI=1S/C17H23N3O/c1-12-3-2-4-14(9-12)10-16-19-17(20-21-16)15-7-5-13(11-18)6-8-15/h5-8,12,14H,2-4,9-11,18H2,1H3. The van der Waals surface area contributed by atoms with E-state index in [2.05, 4.69) is 17.1 Å². The fourth-order valence-corrected chi connectivity index (χ4v) is 3.24. The van der Waals surface area contributed by atoms with Gasteiger partial charge in [-0.3, -0.25) is 0 Å². The van der Waals surface area contributed by atoms with Crippen molar-refractivity contribution in [3.8, 4) is 11.4 Å². The molecule has 1 heterocycles. The Kier molecular flexibility index (Phi) is 4.34. The zero-order valence-electron chi connectivity index (χ0n) is 12.6. The number of aromatic nitrogens is 2. The average molecular weight is 285 g/mol. The zero-order chi connectivity index (χ0) is 14.7. The van der Waals surface area contributed by atoms with Gasteiger partial charge in [-0.1, -0.05) is 49.2 Å². The van der Waals surface area contributed by atoms with Gasteiger partial charge in [0.1, 0.15) is 0 Å². The molecule has 112 valence electrons. The molecule has 0 amide bonds. The number of nitrogens with two attached hydrogens (primary N) is 1. The largest absolute Gasteiger partial charge is 0.339 e. The van der Waals surface area contributed by atoms with Crippen LogP contribution in [0.25, 0.3) is 11.4 Å². The Morgan fingerprint density at radius 1 is 1.24 bits per heavy atom. The molecule has 1 saturated carbocycles. The highest BCUT2D eigenvalue weighted by Gasteiger charge is 2.21. The SMILES string of the molecule is CC1CCCC(Cc2nc(-c3ccc(CN)cc3)no2)C1. The fraction of sp³-hybridized carbons (Fsp3) is 0.529. The minimum Gasteiger partial charge on any atom is -0.339 e. The van der Waals surface area contributed by atoms with Crippen LogP contribution in [0.4, 0.5) is 0 Å². The second-order valence-electron chi connectivity index (χ2n) is 6.25. The molecule has 4 nitrogen and oxygen atoms in total. The van der Waals surface area contributed by atoms with Crippen molar-refractivity contribution in [2.75, 3.05) is 0 Å². The molecular weight excluding hydrogens is 262 g/mol. The summed E-state index contributed by atoms with van der Waals surface area (Å²) < 4.78 is 5.43. The molecule has 1 aliphatic carbocycles. The van der Waals surface area contributed by atoms with Gasteiger partial charge in [-0.2, -0.15) is 4.98 Å². The van der Waals surface area contributed by atoms with Gasteiger partial charge in [-0.25, -0.2) is 0 Å². The maximum Gasteiger partial charge on any atom is 0.227 e. The lowest BCUT2D eigenvalue weighted by atomic mass is 9.81. The fourth-order valence-electron chi connectivity index (χ4n) is 3.24. The van der Waals surface area contributed by atoms with E-state index < -0.39 is 0 Å². The molecule has 21 heavy (non-hydrogen) atoms. The highest BCUT2D eigenvalue weighted by molar-refractivity contribution is 5.54. The van der Waals surface area contributed by atoms with Crippen molar-refractivity contribution in [1.82, 2.24) is 10.1 Å². The molecule has 0 saturated heterocycles. The first-order valence-electron chi connectivity index (χ1n) is 7.86. The van der Waals surface area contributed by atoms with E-state index in [4.69, 9.17) is 10.3 Å². The van der Waals surface area contributed by atoms with Crippen LogP contribution in [0.2, 0.25) is 0 Å². The van der Waals surface area contributed by atoms with Gasteiger partial charge in [0.2, 0.25) is 11.7 Å². The van der Waals surface area contributed by atoms with E-state index in [1.54, 1.807) is 0 Å². The third-order valence-corrected chi connectivity index (χ3v) is 4.42. The Morgan fingerprint density at radius 2 is 2.05 bits per heavy atom. The summed E-state index contributed by atoms with van der Waals surface area (Å²) in [5.74, 6) is 2.97. The number of rotatable bonds is 4. The van der Waals surface area contributed by atoms with Crippen LogP contribution < -0.4 is 5.73 Å². The van der Waals surface area contributed by atoms with E-state index >= 15 is 0 Å². The van der Waals surface area contributed by atoms with E-state index in [0.717, 1.165) is 29.4 Å². The molecule has 3 rings (SSSR count). The van der Waals surface area contributed by atoms with Crippen LogP contribution in [0.3, 0.4) is 0 Å². The Balaban J connectivity index is 1.67. The quantitative estimate of drug-likeness (QED) is 0.932. The van der Waals surface area contributed by atoms with Crippen molar-refractivity contribution in [1.29, 1.82) is 0 Å². The van der Waals surface area contributed by atoms with Gasteiger partial charge in [-0.15, -0.1) is 0 Å². The van der Waals surface area contributed by atoms with E-state index in [1.807, 2.05) is 24.3 Å². The minimum absolute atomic E-state index is 0.553. The van der Waals surface area contributed by atoms with E-state index in [9.17, 15) is 0 Å². The number of nitrogens with zero attached hydrogens (tertiary/aromatic N) is 2. The average Bonchev–Trinajstić information content (AvgIpc) is 2.96. The molecule has 1 aromatic heterocycles. The molecule has 0 spiro atoms. The van der Waals surface area contributed by atoms with Crippen LogP contribution in [-0.2, 0) is 13.0 Å². The van der Waals surface area contributed by atoms with Gasteiger partial charge in [0.15, 0.2) is 0 Å². The van der Waals surface area contributed by atoms with Crippen LogP contribution in [0.5, 0.6) is 0 Å². The van der Waals surface area contributed by atoms with Crippen molar-refractivity contribution < 1.29 is 4.52 Å². The molecule has 4 heteroatoms. The summed E-state index contributed by atoms with van der Waals surface area (Å²) in [5, 5.41) is 4.11. The smallest absolute Gasteiger partial charge is 0.227 e. The van der Waals surface area contributed by atoms with E-state index in [0.29, 0.717) is 18.3 Å². The Hall–Kier alpha value is -1.68. The molecule has 0 bridgehead atoms. The van der Waals surface area contributed by atoms with Crippen LogP contribution in [0.15, 0.2) is 28.8 Å². The number of benzene rings is 1. The molecule has 1 aliphatic rings. The van der Waals surface area contributed by atoms with E-state index in [-0.39, 0.29) is 0 Å². The van der Waals surface area contributed by atoms with Gasteiger partial charge in [0.05, 0.1) is 0 Å². The number of hydrogen-bond acceptors (Lipinski definition) is 4. The van der Waals surface area contributed by atoms with Gasteiger partial charge in [-0.05, 0) is 30.2 Å². The molecule has 0 aliphatic heterocycles. The lowest BCUT2D eigenvalue weighted by molar-refractivity contribution is 0.257. The lowest BCUT2D eigenvalue weighted by Crippen LogP contribution is -2.15. The van der Waals surface area contributed by atoms with Gasteiger partial charge < -0.3 is 10.3 Å². The summed E-state index contributed by atoms with van der Waals surface area (Å²) in [7, 11) is 0. The van der Waals surface area contributed by atoms with Gasteiger partial charge >= 0.3 is 0 Å². The Morgan fingerprint density at radius 3 is 2.76 bits per heavy atom. The Bertz CT molecular complexity index is 576. The lowest BCUT2D eigenvalue weighted by Gasteiger charge is -2.25. The first-order chi connectivity index (χ1) is 10.2. The molecule has 0 radical (unpaired) electrons. The molecular formula is C17H23N3O. The minimum atomic E-state index is 0.553. The van der Waals surface area contributed by atoms with E-state index in [1.165, 1.54) is 25.7 Å². The highest BCUT2D eigenvalue weighted by atomic mass is 16.5. The highest BCUT2D eigenvalue weighted by Crippen LogP contribution is 2.31. The molecule has 2 aromatic rings. The summed E-state index contributed by atoms with van der Waals surface area (Å²) in [6.07, 6.45) is 6.17. The van der Waals surface area contributed by atoms with Crippen molar-refractivity contribution in [3.63, 3.8) is 0 Å². The molecule has 1 fully saturated rings. The van der Waals surface area contributed by atoms with Crippen molar-refractivity contribution in [2.24, 2.45) is 17.6 Å². The first-order valence-corrected chi connectivity index (χ1v) is 7.86. The third-order valence-electron chi connectivity index (χ3n) is 4.42. The summed E-state index contributed by atoms with van der Waals surface area (Å²) in [5.41, 5.74) is 7.70. The van der Waals surface area contributed by atoms with Gasteiger partial charge in [0.25, 0.3) is 0 Å². The predicted molar refractivity (Wildman–Crippen MR) is 82.5 cm³/mol. The second-order valence-corrected chi connectivity index (χ2v) is 6.25.